The van der Waals surface area contributed by atoms with Gasteiger partial charge in [-0.1, -0.05) is 37.1 Å². The average molecular weight is 400 g/mol. The van der Waals surface area contributed by atoms with Gasteiger partial charge in [0.05, 0.1) is 0 Å². The van der Waals surface area contributed by atoms with Gasteiger partial charge in [0.1, 0.15) is 5.78 Å². The summed E-state index contributed by atoms with van der Waals surface area (Å²) >= 11 is 0. The molecular formula is C25H27F3O. The fraction of sp³-hybridized carbons (Fsp3) is 0.480. The van der Waals surface area contributed by atoms with Crippen LogP contribution in [-0.2, 0) is 4.79 Å². The minimum Gasteiger partial charge on any atom is -0.299 e. The molecule has 2 aliphatic carbocycles. The molecule has 2 aromatic carbocycles. The van der Waals surface area contributed by atoms with Gasteiger partial charge in [0.2, 0.25) is 0 Å². The first-order valence-electron chi connectivity index (χ1n) is 10.8. The molecule has 0 radical (unpaired) electrons. The second-order valence-corrected chi connectivity index (χ2v) is 8.75. The van der Waals surface area contributed by atoms with Crippen LogP contribution in [0.15, 0.2) is 36.4 Å². The Labute approximate surface area is 170 Å². The third-order valence-corrected chi connectivity index (χ3v) is 6.85. The van der Waals surface area contributed by atoms with Crippen LogP contribution in [0.5, 0.6) is 0 Å². The molecule has 0 aromatic heterocycles. The van der Waals surface area contributed by atoms with E-state index >= 15 is 0 Å². The molecule has 2 aromatic rings. The summed E-state index contributed by atoms with van der Waals surface area (Å²) in [6.45, 7) is 0. The minimum atomic E-state index is -1.44. The highest BCUT2D eigenvalue weighted by atomic mass is 19.2. The van der Waals surface area contributed by atoms with Gasteiger partial charge in [-0.2, -0.15) is 0 Å². The minimum absolute atomic E-state index is 0.321. The first-order valence-corrected chi connectivity index (χ1v) is 10.8. The van der Waals surface area contributed by atoms with Gasteiger partial charge in [-0.15, -0.1) is 0 Å². The predicted molar refractivity (Wildman–Crippen MR) is 108 cm³/mol. The van der Waals surface area contributed by atoms with E-state index in [1.54, 1.807) is 0 Å². The van der Waals surface area contributed by atoms with E-state index in [0.717, 1.165) is 57.1 Å². The number of ketones is 1. The molecule has 2 saturated carbocycles. The van der Waals surface area contributed by atoms with Crippen LogP contribution < -0.4 is 0 Å². The zero-order valence-electron chi connectivity index (χ0n) is 16.6. The Balaban J connectivity index is 1.35. The molecule has 29 heavy (non-hydrogen) atoms. The fourth-order valence-electron chi connectivity index (χ4n) is 5.07. The number of hydrogen-bond donors (Lipinski definition) is 0. The molecule has 0 atom stereocenters. The molecule has 0 N–H and O–H groups in total. The standard InChI is InChI=1S/C25H27F3O/c26-22-14-21(15-23(27)25(22)28)19-11-9-18(10-12-19)17-7-5-16(6-8-17)13-24(29)20-3-1-2-4-20/h9-12,14-17,20H,1-8,13H2. The second kappa shape index (κ2) is 8.73. The van der Waals surface area contributed by atoms with Crippen LogP contribution in [-0.4, -0.2) is 5.78 Å². The molecule has 0 spiro atoms. The monoisotopic (exact) mass is 400 g/mol. The second-order valence-electron chi connectivity index (χ2n) is 8.75. The zero-order valence-corrected chi connectivity index (χ0v) is 16.6. The SMILES string of the molecule is O=C(CC1CCC(c2ccc(-c3cc(F)c(F)c(F)c3)cc2)CC1)C1CCCC1. The quantitative estimate of drug-likeness (QED) is 0.485. The summed E-state index contributed by atoms with van der Waals surface area (Å²) in [6.07, 6.45) is 9.64. The summed E-state index contributed by atoms with van der Waals surface area (Å²) in [7, 11) is 0. The summed E-state index contributed by atoms with van der Waals surface area (Å²) in [5.41, 5.74) is 2.22. The van der Waals surface area contributed by atoms with E-state index < -0.39 is 17.5 Å². The van der Waals surface area contributed by atoms with Crippen molar-refractivity contribution in [3.05, 3.63) is 59.4 Å². The lowest BCUT2D eigenvalue weighted by molar-refractivity contribution is -0.123. The van der Waals surface area contributed by atoms with Crippen LogP contribution in [0.2, 0.25) is 0 Å². The van der Waals surface area contributed by atoms with E-state index in [9.17, 15) is 18.0 Å². The number of Topliss-reactive ketones (excluding diaryl/α,β-unsaturated/α-hetero) is 1. The van der Waals surface area contributed by atoms with E-state index in [1.807, 2.05) is 24.3 Å². The van der Waals surface area contributed by atoms with Crippen LogP contribution in [0, 0.1) is 29.3 Å². The van der Waals surface area contributed by atoms with Crippen molar-refractivity contribution in [3.63, 3.8) is 0 Å². The normalized spacial score (nSPS) is 22.7. The summed E-state index contributed by atoms with van der Waals surface area (Å²) in [4.78, 5) is 12.4. The first kappa shape index (κ1) is 20.2. The summed E-state index contributed by atoms with van der Waals surface area (Å²) in [6, 6.07) is 9.75. The molecule has 1 nitrogen and oxygen atoms in total. The maximum Gasteiger partial charge on any atom is 0.194 e. The number of benzene rings is 2. The Hall–Kier alpha value is -2.10. The fourth-order valence-corrected chi connectivity index (χ4v) is 5.07. The lowest BCUT2D eigenvalue weighted by Gasteiger charge is -2.29. The molecule has 0 heterocycles. The molecule has 0 unspecified atom stereocenters. The van der Waals surface area contributed by atoms with Crippen LogP contribution in [0.4, 0.5) is 13.2 Å². The van der Waals surface area contributed by atoms with Crippen molar-refractivity contribution < 1.29 is 18.0 Å². The smallest absolute Gasteiger partial charge is 0.194 e. The highest BCUT2D eigenvalue weighted by molar-refractivity contribution is 5.81. The Morgan fingerprint density at radius 1 is 0.793 bits per heavy atom. The van der Waals surface area contributed by atoms with Crippen molar-refractivity contribution in [2.75, 3.05) is 0 Å². The zero-order chi connectivity index (χ0) is 20.4. The molecule has 0 saturated heterocycles. The first-order chi connectivity index (χ1) is 14.0. The van der Waals surface area contributed by atoms with E-state index in [0.29, 0.717) is 34.7 Å². The van der Waals surface area contributed by atoms with E-state index in [2.05, 4.69) is 0 Å². The lowest BCUT2D eigenvalue weighted by atomic mass is 9.76. The Kier molecular flexibility index (Phi) is 6.07. The number of rotatable bonds is 5. The topological polar surface area (TPSA) is 17.1 Å². The molecule has 154 valence electrons. The Morgan fingerprint density at radius 3 is 1.97 bits per heavy atom. The van der Waals surface area contributed by atoms with Crippen molar-refractivity contribution in [3.8, 4) is 11.1 Å². The van der Waals surface area contributed by atoms with E-state index in [-0.39, 0.29) is 0 Å². The molecule has 2 fully saturated rings. The van der Waals surface area contributed by atoms with Crippen LogP contribution in [0.3, 0.4) is 0 Å². The van der Waals surface area contributed by atoms with E-state index in [1.165, 1.54) is 18.4 Å². The number of halogens is 3. The summed E-state index contributed by atoms with van der Waals surface area (Å²) in [5.74, 6) is -2.00. The van der Waals surface area contributed by atoms with Crippen molar-refractivity contribution in [2.24, 2.45) is 11.8 Å². The van der Waals surface area contributed by atoms with Gasteiger partial charge in [-0.25, -0.2) is 13.2 Å². The van der Waals surface area contributed by atoms with Crippen molar-refractivity contribution >= 4 is 5.78 Å². The van der Waals surface area contributed by atoms with Gasteiger partial charge >= 0.3 is 0 Å². The van der Waals surface area contributed by atoms with Gasteiger partial charge in [-0.3, -0.25) is 4.79 Å². The number of carbonyl (C=O) groups excluding carboxylic acids is 1. The maximum absolute atomic E-state index is 13.5. The highest BCUT2D eigenvalue weighted by Crippen LogP contribution is 2.39. The van der Waals surface area contributed by atoms with Gasteiger partial charge < -0.3 is 0 Å². The highest BCUT2D eigenvalue weighted by Gasteiger charge is 2.28. The largest absolute Gasteiger partial charge is 0.299 e. The van der Waals surface area contributed by atoms with Gasteiger partial charge in [-0.05, 0) is 79.2 Å². The van der Waals surface area contributed by atoms with Gasteiger partial charge in [0.25, 0.3) is 0 Å². The summed E-state index contributed by atoms with van der Waals surface area (Å²) in [5, 5.41) is 0. The molecule has 2 aliphatic rings. The van der Waals surface area contributed by atoms with E-state index in [4.69, 9.17) is 0 Å². The van der Waals surface area contributed by atoms with Gasteiger partial charge in [0, 0.05) is 12.3 Å². The predicted octanol–water partition coefficient (Wildman–Crippen LogP) is 7.19. The maximum atomic E-state index is 13.5. The number of carbonyl (C=O) groups is 1. The van der Waals surface area contributed by atoms with Crippen LogP contribution in [0.25, 0.3) is 11.1 Å². The molecule has 0 amide bonds. The Morgan fingerprint density at radius 2 is 1.38 bits per heavy atom. The summed E-state index contributed by atoms with van der Waals surface area (Å²) < 4.78 is 40.1. The molecule has 0 bridgehead atoms. The molecule has 0 aliphatic heterocycles. The molecule has 4 rings (SSSR count). The average Bonchev–Trinajstić information content (AvgIpc) is 3.27. The third kappa shape index (κ3) is 4.57. The van der Waals surface area contributed by atoms with Crippen molar-refractivity contribution in [2.45, 2.75) is 63.7 Å². The molecule has 4 heteroatoms. The van der Waals surface area contributed by atoms with Crippen LogP contribution >= 0.6 is 0 Å². The molecular weight excluding hydrogens is 373 g/mol. The van der Waals surface area contributed by atoms with Gasteiger partial charge in [0.15, 0.2) is 17.5 Å². The third-order valence-electron chi connectivity index (χ3n) is 6.85. The van der Waals surface area contributed by atoms with Crippen molar-refractivity contribution in [1.29, 1.82) is 0 Å². The van der Waals surface area contributed by atoms with Crippen molar-refractivity contribution in [1.82, 2.24) is 0 Å². The Bertz CT molecular complexity index is 837. The number of hydrogen-bond acceptors (Lipinski definition) is 1. The lowest BCUT2D eigenvalue weighted by Crippen LogP contribution is -2.20. The van der Waals surface area contributed by atoms with Crippen LogP contribution in [0.1, 0.15) is 69.3 Å².